The molecule has 1 aromatic carbocycles. The second-order valence-corrected chi connectivity index (χ2v) is 89.2. The van der Waals surface area contributed by atoms with Gasteiger partial charge in [-0.15, -0.1) is 0 Å². The lowest BCUT2D eigenvalue weighted by molar-refractivity contribution is 0.0202. The maximum Gasteiger partial charge on any atom is 0.0842 e. The molecule has 3 nitrogen and oxygen atoms in total. The van der Waals surface area contributed by atoms with E-state index in [9.17, 15) is 0 Å². The van der Waals surface area contributed by atoms with Gasteiger partial charge in [-0.05, 0) is 249 Å². The summed E-state index contributed by atoms with van der Waals surface area (Å²) in [4.78, 5) is 0. The van der Waals surface area contributed by atoms with E-state index in [2.05, 4.69) is 232 Å². The first kappa shape index (κ1) is 146. The number of hydrogen-bond donors (Lipinski definition) is 0. The van der Waals surface area contributed by atoms with Crippen molar-refractivity contribution < 1.29 is 14.2 Å². The third-order valence-electron chi connectivity index (χ3n) is 31.0. The maximum absolute atomic E-state index is 5.95. The number of ether oxygens (including phenoxy) is 3. The van der Waals surface area contributed by atoms with Gasteiger partial charge in [0.2, 0.25) is 0 Å². The van der Waals surface area contributed by atoms with E-state index in [1.807, 2.05) is 0 Å². The lowest BCUT2D eigenvalue weighted by atomic mass is 10.1. The molecule has 818 valence electrons. The van der Waals surface area contributed by atoms with Crippen LogP contribution in [0.2, 0.25) is 0 Å². The summed E-state index contributed by atoms with van der Waals surface area (Å²) in [6, 6.07) is 10.0. The van der Waals surface area contributed by atoms with Crippen LogP contribution in [0.1, 0.15) is 482 Å². The Labute approximate surface area is 872 Å². The zero-order valence-electron chi connectivity index (χ0n) is 101. The lowest BCUT2D eigenvalue weighted by Crippen LogP contribution is -2.18. The number of rotatable bonds is 96. The highest BCUT2D eigenvalue weighted by Gasteiger charge is 2.44. The Morgan fingerprint density at radius 2 is 0.228 bits per heavy atom. The first-order chi connectivity index (χ1) is 65.8. The highest BCUT2D eigenvalue weighted by Crippen LogP contribution is 2.69. The predicted molar refractivity (Wildman–Crippen MR) is 680 cm³/mol. The first-order valence-corrected chi connectivity index (χ1v) is 87.4. The summed E-state index contributed by atoms with van der Waals surface area (Å²) in [6.07, 6.45) is 120. The van der Waals surface area contributed by atoms with Crippen molar-refractivity contribution in [1.82, 2.24) is 0 Å². The highest BCUT2D eigenvalue weighted by atomic mass is 31.2. The first-order valence-electron chi connectivity index (χ1n) is 62.1. The van der Waals surface area contributed by atoms with Crippen LogP contribution in [0.3, 0.4) is 0 Å². The minimum Gasteiger partial charge on any atom is -0.377 e. The van der Waals surface area contributed by atoms with Crippen LogP contribution < -0.4 is 0 Å². The second-order valence-electron chi connectivity index (χ2n) is 44.8. The molecule has 1 aromatic rings. The van der Waals surface area contributed by atoms with Crippen LogP contribution in [0.4, 0.5) is 0 Å². The Balaban J connectivity index is -0.000000804. The standard InChI is InChI=1S/C27H60P2.C26H58O3P2.C26H50P2.C23H52P2.C21H48P2/c1-7-20-28(21-8-2,22-9-3)26-18-16-14-13-15-17-19-27-29(23-10-4,24-11-5)25-12-6;1-7-19-30(20-8-2,21-9-3)25-17-28-15-13-27-14-16-29-18-26-31(22-10-4,23-11-5)24-12-6;1-7-17-27(18-8-2,19-9-3)23-25-13-15-26(16-14-25)24-28(20-10-4,21-11-5)22-12-6;1-7-16-24(17-8-2,18-9-3)22-14-13-15-23-25(19-10-4,20-11-5)21-12-6;1-7-14-22(15-8-2,16-9-3)20-13-21-23(17-10-4,18-11-5)19-12-6/h7-27H2,1-6H3;7-26H2,1-6H3;13-16H,7-12,17-24H2,1-6H3;7-23H2,1-6H3;7-21H2,1-6H3/q5*+2. The average Bonchev–Trinajstić information content (AvgIpc) is 0.839. The summed E-state index contributed by atoms with van der Waals surface area (Å²) in [5.41, 5.74) is 3.25. The molecule has 0 amide bonds. The van der Waals surface area contributed by atoms with Crippen LogP contribution >= 0.6 is 72.6 Å². The van der Waals surface area contributed by atoms with Crippen LogP contribution in [0.15, 0.2) is 24.3 Å². The van der Waals surface area contributed by atoms with Crippen molar-refractivity contribution in [2.24, 2.45) is 0 Å². The molecule has 0 saturated carbocycles. The topological polar surface area (TPSA) is 27.7 Å². The molecule has 0 aromatic heterocycles. The van der Waals surface area contributed by atoms with E-state index in [0.29, 0.717) is 13.2 Å². The normalized spacial score (nSPS) is 12.6. The molecule has 0 atom stereocenters. The van der Waals surface area contributed by atoms with Gasteiger partial charge in [-0.25, -0.2) is 0 Å². The second kappa shape index (κ2) is 97.9. The van der Waals surface area contributed by atoms with Crippen molar-refractivity contribution >= 4 is 72.6 Å². The third-order valence-corrected chi connectivity index (χ3v) is 84.8. The van der Waals surface area contributed by atoms with E-state index in [1.165, 1.54) is 355 Å². The largest absolute Gasteiger partial charge is 0.377 e. The van der Waals surface area contributed by atoms with Crippen LogP contribution in [-0.2, 0) is 26.5 Å². The summed E-state index contributed by atoms with van der Waals surface area (Å²) in [7, 11) is -6.81. The Bertz CT molecular complexity index is 2230. The Morgan fingerprint density at radius 1 is 0.118 bits per heavy atom. The molecule has 0 spiro atoms. The van der Waals surface area contributed by atoms with E-state index in [1.54, 1.807) is 165 Å². The quantitative estimate of drug-likeness (QED) is 0.0481. The SMILES string of the molecule is CCC[P+](CCC)(CCC)CCCCCCCCC[P+](CCC)(CCC)CCC.CCC[P+](CCC)(CCC)CCCCC[P+](CCC)(CCC)CCC.CCC[P+](CCC)(CCC)CCC[P+](CCC)(CCC)CCC.CCC[P+](CCC)(CCC)CCOCCOCCOCC[P+](CCC)(CCC)CCC.CCC[P+](CCC)(CCC)Cc1ccc(C[P+](CCC)(CCC)CCC)cc1. The van der Waals surface area contributed by atoms with Gasteiger partial charge in [0.15, 0.2) is 0 Å². The molecule has 0 aliphatic carbocycles. The maximum atomic E-state index is 5.95. The minimum absolute atomic E-state index is 0.598. The van der Waals surface area contributed by atoms with E-state index < -0.39 is 72.6 Å². The van der Waals surface area contributed by atoms with Gasteiger partial charge in [0.25, 0.3) is 0 Å². The van der Waals surface area contributed by atoms with Crippen molar-refractivity contribution in [1.29, 1.82) is 0 Å². The smallest absolute Gasteiger partial charge is 0.0842 e. The summed E-state index contributed by atoms with van der Waals surface area (Å²) in [6.45, 7) is 76.6. The van der Waals surface area contributed by atoms with Gasteiger partial charge >= 0.3 is 0 Å². The van der Waals surface area contributed by atoms with Crippen molar-refractivity contribution in [3.8, 4) is 0 Å². The van der Waals surface area contributed by atoms with Gasteiger partial charge in [0, 0.05) is 79.0 Å². The molecular formula is C123H268O3P10+10. The third kappa shape index (κ3) is 69.8. The van der Waals surface area contributed by atoms with Crippen molar-refractivity contribution in [3.05, 3.63) is 35.4 Å². The minimum atomic E-state index is -0.799. The molecular weight excluding hydrogens is 1840 g/mol. The number of unbranched alkanes of at least 4 members (excludes halogenated alkanes) is 8. The molecule has 1 rings (SSSR count). The molecule has 0 radical (unpaired) electrons. The molecule has 0 bridgehead atoms. The summed E-state index contributed by atoms with van der Waals surface area (Å²) >= 11 is 0. The van der Waals surface area contributed by atoms with E-state index in [-0.39, 0.29) is 0 Å². The lowest BCUT2D eigenvalue weighted by Gasteiger charge is -2.30. The van der Waals surface area contributed by atoms with Crippen molar-refractivity contribution in [2.45, 2.75) is 483 Å². The Kier molecular flexibility index (Phi) is 105. The van der Waals surface area contributed by atoms with E-state index >= 15 is 0 Å². The van der Waals surface area contributed by atoms with Gasteiger partial charge in [0.05, 0.1) is 286 Å². The monoisotopic (exact) mass is 2100 g/mol. The Morgan fingerprint density at radius 3 is 0.375 bits per heavy atom. The van der Waals surface area contributed by atoms with Gasteiger partial charge in [-0.3, -0.25) is 0 Å². The van der Waals surface area contributed by atoms with Gasteiger partial charge in [-0.1, -0.05) is 251 Å². The molecule has 0 saturated heterocycles. The summed E-state index contributed by atoms with van der Waals surface area (Å²) < 4.78 is 17.6. The predicted octanol–water partition coefficient (Wildman–Crippen LogP) is 43.4. The molecule has 0 unspecified atom stereocenters. The van der Waals surface area contributed by atoms with E-state index in [4.69, 9.17) is 14.2 Å². The van der Waals surface area contributed by atoms with Crippen LogP contribution in [-0.4, -0.2) is 274 Å². The van der Waals surface area contributed by atoms with Gasteiger partial charge in [-0.2, -0.15) is 0 Å². The summed E-state index contributed by atoms with van der Waals surface area (Å²) in [5, 5.41) is 0. The number of hydrogen-bond acceptors (Lipinski definition) is 3. The Hall–Kier alpha value is 3.40. The fourth-order valence-corrected chi connectivity index (χ4v) is 76.9. The van der Waals surface area contributed by atoms with E-state index in [0.717, 1.165) is 26.4 Å². The van der Waals surface area contributed by atoms with Crippen molar-refractivity contribution in [3.63, 3.8) is 0 Å². The highest BCUT2D eigenvalue weighted by molar-refractivity contribution is 7.79. The van der Waals surface area contributed by atoms with Crippen LogP contribution in [0, 0.1) is 0 Å². The molecule has 0 aliphatic rings. The molecule has 0 N–H and O–H groups in total. The van der Waals surface area contributed by atoms with Crippen LogP contribution in [0.25, 0.3) is 0 Å². The molecule has 13 heteroatoms. The van der Waals surface area contributed by atoms with Crippen molar-refractivity contribution in [2.75, 3.05) is 274 Å². The summed E-state index contributed by atoms with van der Waals surface area (Å²) in [5.74, 6) is 0. The fraction of sp³-hybridized carbons (Fsp3) is 0.951. The molecule has 0 heterocycles. The van der Waals surface area contributed by atoms with Gasteiger partial charge < -0.3 is 14.2 Å². The number of benzene rings is 1. The zero-order valence-corrected chi connectivity index (χ0v) is 109. The fourth-order valence-electron chi connectivity index (χ4n) is 26.9. The zero-order chi connectivity index (χ0) is 103. The average molecular weight is 2110 g/mol. The molecule has 0 fully saturated rings. The van der Waals surface area contributed by atoms with Gasteiger partial charge in [0.1, 0.15) is 0 Å². The molecule has 136 heavy (non-hydrogen) atoms. The molecule has 0 aliphatic heterocycles. The van der Waals surface area contributed by atoms with Crippen LogP contribution in [0.5, 0.6) is 0 Å².